The number of benzene rings is 2. The molecule has 8 nitrogen and oxygen atoms in total. The summed E-state index contributed by atoms with van der Waals surface area (Å²) in [6.45, 7) is 0.513. The van der Waals surface area contributed by atoms with Gasteiger partial charge >= 0.3 is 6.18 Å². The van der Waals surface area contributed by atoms with Crippen molar-refractivity contribution >= 4 is 23.2 Å². The number of para-hydroxylation sites is 1. The van der Waals surface area contributed by atoms with E-state index in [0.29, 0.717) is 18.7 Å². The molecule has 188 valence electrons. The van der Waals surface area contributed by atoms with Gasteiger partial charge in [0.2, 0.25) is 5.91 Å². The molecule has 0 unspecified atom stereocenters. The molecular weight excluding hydrogens is 463 g/mol. The van der Waals surface area contributed by atoms with Crippen molar-refractivity contribution < 1.29 is 31.8 Å². The predicted molar refractivity (Wildman–Crippen MR) is 127 cm³/mol. The van der Waals surface area contributed by atoms with Crippen molar-refractivity contribution in [2.75, 3.05) is 18.5 Å². The average molecular weight is 492 g/mol. The number of carbonyl (C=O) groups excluding carboxylic acids is 2. The number of alkyl halides is 3. The number of carbonyl (C=O) groups is 2. The summed E-state index contributed by atoms with van der Waals surface area (Å²) in [6.07, 6.45) is -1.48. The Balaban J connectivity index is 0.00000241. The van der Waals surface area contributed by atoms with E-state index in [-0.39, 0.29) is 28.7 Å². The van der Waals surface area contributed by atoms with E-state index in [1.54, 1.807) is 24.3 Å². The Hall–Kier alpha value is -3.99. The Labute approximate surface area is 203 Å². The molecular formula is C24H28F3N5O3. The molecule has 1 atom stereocenters. The highest BCUT2D eigenvalue weighted by molar-refractivity contribution is 5.99. The Morgan fingerprint density at radius 3 is 2.49 bits per heavy atom. The molecule has 2 amide bonds. The molecule has 2 heterocycles. The van der Waals surface area contributed by atoms with Gasteiger partial charge in [-0.15, -0.1) is 0 Å². The zero-order valence-corrected chi connectivity index (χ0v) is 18.4. The second-order valence-electron chi connectivity index (χ2n) is 8.02. The van der Waals surface area contributed by atoms with Gasteiger partial charge in [0, 0.05) is 29.5 Å². The summed E-state index contributed by atoms with van der Waals surface area (Å²) in [7, 11) is 0. The molecule has 0 saturated carbocycles. The number of hydrogen-bond donors (Lipinski definition) is 3. The Morgan fingerprint density at radius 2 is 1.83 bits per heavy atom. The lowest BCUT2D eigenvalue weighted by atomic mass is 9.96. The van der Waals surface area contributed by atoms with Crippen LogP contribution in [0.1, 0.15) is 32.2 Å². The molecule has 35 heavy (non-hydrogen) atoms. The number of rotatable bonds is 7. The van der Waals surface area contributed by atoms with Crippen molar-refractivity contribution in [3.63, 3.8) is 0 Å². The van der Waals surface area contributed by atoms with Gasteiger partial charge in [0.05, 0.1) is 35.8 Å². The minimum Gasteiger partial charge on any atom is -0.378 e. The van der Waals surface area contributed by atoms with E-state index in [9.17, 15) is 22.8 Å². The van der Waals surface area contributed by atoms with Gasteiger partial charge < -0.3 is 20.7 Å². The molecule has 1 saturated heterocycles. The third-order valence-electron chi connectivity index (χ3n) is 5.57. The summed E-state index contributed by atoms with van der Waals surface area (Å²) in [4.78, 5) is 25.6. The molecule has 1 aromatic heterocycles. The third-order valence-corrected chi connectivity index (χ3v) is 5.57. The summed E-state index contributed by atoms with van der Waals surface area (Å²) in [5, 5.41) is 15.6. The first kappa shape index (κ1) is 24.1. The SMILES string of the molecule is O=C(N[C@@]1(C(=O)NCc2ccc(Nc3ccccc3C(F)(F)F)cc2)CCOC1)c1ccnnc1.[HH].[HH].[HH]. The van der Waals surface area contributed by atoms with E-state index >= 15 is 0 Å². The fourth-order valence-corrected chi connectivity index (χ4v) is 3.67. The number of aromatic nitrogens is 2. The summed E-state index contributed by atoms with van der Waals surface area (Å²) in [6, 6.07) is 13.4. The average Bonchev–Trinajstić information content (AvgIpc) is 3.33. The summed E-state index contributed by atoms with van der Waals surface area (Å²) in [5.41, 5.74) is -0.561. The fourth-order valence-electron chi connectivity index (χ4n) is 3.67. The van der Waals surface area contributed by atoms with Crippen LogP contribution >= 0.6 is 0 Å². The van der Waals surface area contributed by atoms with E-state index in [0.717, 1.165) is 11.6 Å². The second kappa shape index (κ2) is 10.1. The maximum absolute atomic E-state index is 13.2. The molecule has 11 heteroatoms. The molecule has 0 spiro atoms. The van der Waals surface area contributed by atoms with Crippen LogP contribution in [0.3, 0.4) is 0 Å². The summed E-state index contributed by atoms with van der Waals surface area (Å²) in [5.74, 6) is -0.859. The number of anilines is 2. The lowest BCUT2D eigenvalue weighted by molar-refractivity contribution is -0.137. The molecule has 0 bridgehead atoms. The topological polar surface area (TPSA) is 105 Å². The van der Waals surface area contributed by atoms with E-state index in [1.807, 2.05) is 0 Å². The number of halogens is 3. The van der Waals surface area contributed by atoms with Gasteiger partial charge in [-0.2, -0.15) is 23.4 Å². The van der Waals surface area contributed by atoms with E-state index < -0.39 is 29.1 Å². The van der Waals surface area contributed by atoms with Crippen LogP contribution in [0, 0.1) is 0 Å². The van der Waals surface area contributed by atoms with Crippen molar-refractivity contribution in [2.45, 2.75) is 24.7 Å². The fraction of sp³-hybridized carbons (Fsp3) is 0.250. The standard InChI is InChI=1S/C24H22F3N5O3.3H2/c25-24(26,27)19-3-1-2-4-20(19)31-18-7-5-16(6-8-18)13-28-22(34)23(10-12-35-15-23)32-21(33)17-9-11-29-30-14-17;;;/h1-9,11,14,31H,10,12-13,15H2,(H,28,34)(H,32,33);3*1H/t23-;;;/m0.../s1. The van der Waals surface area contributed by atoms with E-state index in [4.69, 9.17) is 4.74 Å². The molecule has 3 N–H and O–H groups in total. The zero-order chi connectivity index (χ0) is 24.9. The first-order valence-electron chi connectivity index (χ1n) is 10.7. The number of hydrogen-bond acceptors (Lipinski definition) is 6. The van der Waals surface area contributed by atoms with Crippen LogP contribution in [0.2, 0.25) is 0 Å². The van der Waals surface area contributed by atoms with Gasteiger partial charge in [0.15, 0.2) is 0 Å². The van der Waals surface area contributed by atoms with Gasteiger partial charge in [-0.3, -0.25) is 9.59 Å². The molecule has 0 radical (unpaired) electrons. The smallest absolute Gasteiger partial charge is 0.378 e. The Morgan fingerprint density at radius 1 is 1.06 bits per heavy atom. The van der Waals surface area contributed by atoms with Gasteiger partial charge in [-0.1, -0.05) is 24.3 Å². The van der Waals surface area contributed by atoms with Crippen LogP contribution in [0.4, 0.5) is 24.5 Å². The largest absolute Gasteiger partial charge is 0.418 e. The minimum absolute atomic E-state index is 0. The van der Waals surface area contributed by atoms with Crippen molar-refractivity contribution in [3.8, 4) is 0 Å². The second-order valence-corrected chi connectivity index (χ2v) is 8.02. The third kappa shape index (κ3) is 5.75. The van der Waals surface area contributed by atoms with Crippen LogP contribution < -0.4 is 16.0 Å². The molecule has 1 aliphatic rings. The molecule has 0 aliphatic carbocycles. The molecule has 1 aliphatic heterocycles. The molecule has 2 aromatic carbocycles. The van der Waals surface area contributed by atoms with Crippen LogP contribution in [0.15, 0.2) is 67.0 Å². The monoisotopic (exact) mass is 491 g/mol. The highest BCUT2D eigenvalue weighted by Crippen LogP contribution is 2.35. The maximum atomic E-state index is 13.2. The van der Waals surface area contributed by atoms with Crippen molar-refractivity contribution in [2.24, 2.45) is 0 Å². The highest BCUT2D eigenvalue weighted by atomic mass is 19.4. The minimum atomic E-state index is -4.48. The lowest BCUT2D eigenvalue weighted by Crippen LogP contribution is -2.59. The van der Waals surface area contributed by atoms with E-state index in [1.165, 1.54) is 36.7 Å². The van der Waals surface area contributed by atoms with Crippen LogP contribution in [0.25, 0.3) is 0 Å². The van der Waals surface area contributed by atoms with Gasteiger partial charge in [-0.05, 0) is 35.9 Å². The Kier molecular flexibility index (Phi) is 6.97. The number of ether oxygens (including phenoxy) is 1. The normalized spacial score (nSPS) is 17.6. The Bertz CT molecular complexity index is 1200. The lowest BCUT2D eigenvalue weighted by Gasteiger charge is -2.27. The zero-order valence-electron chi connectivity index (χ0n) is 18.4. The van der Waals surface area contributed by atoms with Crippen LogP contribution in [0.5, 0.6) is 0 Å². The number of nitrogens with one attached hydrogen (secondary N) is 3. The van der Waals surface area contributed by atoms with Crippen molar-refractivity contribution in [1.29, 1.82) is 0 Å². The van der Waals surface area contributed by atoms with Crippen molar-refractivity contribution in [3.05, 3.63) is 83.7 Å². The summed E-state index contributed by atoms with van der Waals surface area (Å²) >= 11 is 0. The van der Waals surface area contributed by atoms with Crippen molar-refractivity contribution in [1.82, 2.24) is 20.8 Å². The quantitative estimate of drug-likeness (QED) is 0.458. The van der Waals surface area contributed by atoms with Gasteiger partial charge in [0.25, 0.3) is 5.91 Å². The van der Waals surface area contributed by atoms with Gasteiger partial charge in [-0.25, -0.2) is 0 Å². The van der Waals surface area contributed by atoms with Gasteiger partial charge in [0.1, 0.15) is 5.54 Å². The highest BCUT2D eigenvalue weighted by Gasteiger charge is 2.43. The molecule has 4 rings (SSSR count). The number of amides is 2. The number of nitrogens with zero attached hydrogens (tertiary/aromatic N) is 2. The first-order valence-corrected chi connectivity index (χ1v) is 10.7. The van der Waals surface area contributed by atoms with E-state index in [2.05, 4.69) is 26.1 Å². The van der Waals surface area contributed by atoms with Crippen LogP contribution in [-0.4, -0.2) is 40.8 Å². The molecule has 3 aromatic rings. The predicted octanol–water partition coefficient (Wildman–Crippen LogP) is 4.18. The van der Waals surface area contributed by atoms with Crippen LogP contribution in [-0.2, 0) is 22.3 Å². The summed E-state index contributed by atoms with van der Waals surface area (Å²) < 4.78 is 45.0. The maximum Gasteiger partial charge on any atom is 0.418 e. The molecule has 1 fully saturated rings. The first-order chi connectivity index (χ1) is 16.8.